The van der Waals surface area contributed by atoms with E-state index in [1.54, 1.807) is 18.3 Å². The topological polar surface area (TPSA) is 92.0 Å². The lowest BCUT2D eigenvalue weighted by Gasteiger charge is -2.34. The van der Waals surface area contributed by atoms with Gasteiger partial charge in [-0.3, -0.25) is 4.98 Å². The van der Waals surface area contributed by atoms with Crippen molar-refractivity contribution in [1.82, 2.24) is 4.98 Å². The van der Waals surface area contributed by atoms with E-state index in [0.29, 0.717) is 16.9 Å². The molecule has 134 valence electrons. The summed E-state index contributed by atoms with van der Waals surface area (Å²) < 4.78 is 24.5. The molecule has 0 unspecified atom stereocenters. The van der Waals surface area contributed by atoms with Crippen molar-refractivity contribution < 1.29 is 29.2 Å². The fourth-order valence-corrected chi connectivity index (χ4v) is 3.63. The molecule has 3 N–H and O–H groups in total. The SMILES string of the molecule is COc1ccc(-c2cncc(O[C@H]3SC[C@@H](O)[C@H](O)[C@H]3O)c2)cc1F. The molecule has 4 atom stereocenters. The number of methoxy groups -OCH3 is 1. The predicted molar refractivity (Wildman–Crippen MR) is 91.1 cm³/mol. The zero-order valence-electron chi connectivity index (χ0n) is 13.4. The zero-order chi connectivity index (χ0) is 18.0. The van der Waals surface area contributed by atoms with Crippen LogP contribution in [0.2, 0.25) is 0 Å². The summed E-state index contributed by atoms with van der Waals surface area (Å²) in [5, 5.41) is 29.3. The van der Waals surface area contributed by atoms with Crippen molar-refractivity contribution in [2.75, 3.05) is 12.9 Å². The Kier molecular flexibility index (Phi) is 5.43. The van der Waals surface area contributed by atoms with E-state index >= 15 is 0 Å². The van der Waals surface area contributed by atoms with Crippen LogP contribution >= 0.6 is 11.8 Å². The second-order valence-electron chi connectivity index (χ2n) is 5.63. The molecule has 2 aromatic rings. The molecule has 1 aliphatic rings. The first-order valence-electron chi connectivity index (χ1n) is 7.61. The van der Waals surface area contributed by atoms with E-state index in [4.69, 9.17) is 9.47 Å². The van der Waals surface area contributed by atoms with Crippen LogP contribution in [0.3, 0.4) is 0 Å². The summed E-state index contributed by atoms with van der Waals surface area (Å²) in [7, 11) is 1.40. The van der Waals surface area contributed by atoms with Crippen LogP contribution in [0.25, 0.3) is 11.1 Å². The minimum Gasteiger partial charge on any atom is -0.494 e. The number of hydrogen-bond acceptors (Lipinski definition) is 7. The Morgan fingerprint density at radius 1 is 1.12 bits per heavy atom. The highest BCUT2D eigenvalue weighted by Crippen LogP contribution is 2.31. The third-order valence-corrected chi connectivity index (χ3v) is 5.14. The molecular formula is C17H18FNO5S. The highest BCUT2D eigenvalue weighted by atomic mass is 32.2. The first-order valence-corrected chi connectivity index (χ1v) is 8.66. The summed E-state index contributed by atoms with van der Waals surface area (Å²) in [6.07, 6.45) is -0.453. The van der Waals surface area contributed by atoms with E-state index in [1.807, 2.05) is 0 Å². The van der Waals surface area contributed by atoms with Crippen LogP contribution < -0.4 is 9.47 Å². The van der Waals surface area contributed by atoms with Gasteiger partial charge in [-0.25, -0.2) is 4.39 Å². The Morgan fingerprint density at radius 2 is 1.92 bits per heavy atom. The largest absolute Gasteiger partial charge is 0.494 e. The quantitative estimate of drug-likeness (QED) is 0.753. The average Bonchev–Trinajstić information content (AvgIpc) is 2.62. The third kappa shape index (κ3) is 3.87. The van der Waals surface area contributed by atoms with E-state index < -0.39 is 29.6 Å². The zero-order valence-corrected chi connectivity index (χ0v) is 14.2. The summed E-state index contributed by atoms with van der Waals surface area (Å²) >= 11 is 1.20. The van der Waals surface area contributed by atoms with Crippen LogP contribution in [-0.2, 0) is 0 Å². The van der Waals surface area contributed by atoms with Crippen molar-refractivity contribution in [2.45, 2.75) is 23.7 Å². The van der Waals surface area contributed by atoms with Gasteiger partial charge in [0.1, 0.15) is 18.0 Å². The normalized spacial score (nSPS) is 26.3. The molecule has 0 saturated carbocycles. The van der Waals surface area contributed by atoms with Crippen LogP contribution in [0, 0.1) is 5.82 Å². The van der Waals surface area contributed by atoms with Crippen LogP contribution in [0.4, 0.5) is 4.39 Å². The number of benzene rings is 1. The fraction of sp³-hybridized carbons (Fsp3) is 0.353. The van der Waals surface area contributed by atoms with Crippen molar-refractivity contribution in [3.05, 3.63) is 42.5 Å². The number of ether oxygens (including phenoxy) is 2. The molecule has 1 fully saturated rings. The van der Waals surface area contributed by atoms with Crippen molar-refractivity contribution in [3.63, 3.8) is 0 Å². The lowest BCUT2D eigenvalue weighted by Crippen LogP contribution is -2.50. The van der Waals surface area contributed by atoms with Crippen LogP contribution in [0.15, 0.2) is 36.7 Å². The Bertz CT molecular complexity index is 747. The number of nitrogens with zero attached hydrogens (tertiary/aromatic N) is 1. The van der Waals surface area contributed by atoms with Gasteiger partial charge in [0.25, 0.3) is 0 Å². The molecule has 2 heterocycles. The number of pyridine rings is 1. The molecule has 0 bridgehead atoms. The van der Waals surface area contributed by atoms with Gasteiger partial charge in [-0.15, -0.1) is 11.8 Å². The second kappa shape index (κ2) is 7.57. The molecule has 0 spiro atoms. The molecule has 3 rings (SSSR count). The maximum atomic E-state index is 13.9. The van der Waals surface area contributed by atoms with Gasteiger partial charge in [-0.1, -0.05) is 6.07 Å². The van der Waals surface area contributed by atoms with Gasteiger partial charge < -0.3 is 24.8 Å². The predicted octanol–water partition coefficient (Wildman–Crippen LogP) is 1.43. The highest BCUT2D eigenvalue weighted by Gasteiger charge is 2.38. The Labute approximate surface area is 148 Å². The van der Waals surface area contributed by atoms with Crippen LogP contribution in [0.1, 0.15) is 0 Å². The van der Waals surface area contributed by atoms with E-state index in [-0.39, 0.29) is 11.5 Å². The Morgan fingerprint density at radius 3 is 2.64 bits per heavy atom. The number of aliphatic hydroxyl groups excluding tert-OH is 3. The van der Waals surface area contributed by atoms with Crippen LogP contribution in [0.5, 0.6) is 11.5 Å². The fourth-order valence-electron chi connectivity index (χ4n) is 2.50. The van der Waals surface area contributed by atoms with Crippen LogP contribution in [-0.4, -0.2) is 56.9 Å². The van der Waals surface area contributed by atoms with E-state index in [0.717, 1.165) is 0 Å². The average molecular weight is 367 g/mol. The first-order chi connectivity index (χ1) is 12.0. The summed E-state index contributed by atoms with van der Waals surface area (Å²) in [6.45, 7) is 0. The molecule has 25 heavy (non-hydrogen) atoms. The monoisotopic (exact) mass is 367 g/mol. The summed E-state index contributed by atoms with van der Waals surface area (Å²) in [6, 6.07) is 6.23. The number of thioether (sulfide) groups is 1. The van der Waals surface area contributed by atoms with Gasteiger partial charge in [0.05, 0.1) is 19.4 Å². The van der Waals surface area contributed by atoms with E-state index in [9.17, 15) is 19.7 Å². The third-order valence-electron chi connectivity index (χ3n) is 3.90. The minimum atomic E-state index is -1.27. The number of rotatable bonds is 4. The van der Waals surface area contributed by atoms with Crippen molar-refractivity contribution in [1.29, 1.82) is 0 Å². The van der Waals surface area contributed by atoms with Gasteiger partial charge >= 0.3 is 0 Å². The minimum absolute atomic E-state index is 0.151. The molecule has 0 aliphatic carbocycles. The Balaban J connectivity index is 1.79. The lowest BCUT2D eigenvalue weighted by atomic mass is 10.1. The first kappa shape index (κ1) is 17.9. The molecule has 1 saturated heterocycles. The number of aliphatic hydroxyl groups is 3. The molecule has 1 aliphatic heterocycles. The molecule has 1 aromatic carbocycles. The van der Waals surface area contributed by atoms with E-state index in [1.165, 1.54) is 37.2 Å². The summed E-state index contributed by atoms with van der Waals surface area (Å²) in [4.78, 5) is 4.08. The van der Waals surface area contributed by atoms with Gasteiger partial charge in [-0.05, 0) is 23.8 Å². The standard InChI is InChI=1S/C17H18FNO5S/c1-23-14-3-2-9(5-12(14)18)10-4-11(7-19-6-10)24-17-16(22)15(21)13(20)8-25-17/h2-7,13,15-17,20-22H,8H2,1H3/t13-,15+,16-,17+/m1/s1. The lowest BCUT2D eigenvalue weighted by molar-refractivity contribution is -0.0786. The van der Waals surface area contributed by atoms with Crippen molar-refractivity contribution in [3.8, 4) is 22.6 Å². The smallest absolute Gasteiger partial charge is 0.173 e. The maximum Gasteiger partial charge on any atom is 0.173 e. The van der Waals surface area contributed by atoms with Gasteiger partial charge in [0, 0.05) is 17.5 Å². The molecule has 0 radical (unpaired) electrons. The molecule has 0 amide bonds. The highest BCUT2D eigenvalue weighted by molar-refractivity contribution is 7.99. The van der Waals surface area contributed by atoms with Crippen molar-refractivity contribution >= 4 is 11.8 Å². The Hall–Kier alpha value is -1.87. The number of hydrogen-bond donors (Lipinski definition) is 3. The second-order valence-corrected chi connectivity index (χ2v) is 6.76. The molecule has 6 nitrogen and oxygen atoms in total. The number of aromatic nitrogens is 1. The van der Waals surface area contributed by atoms with E-state index in [2.05, 4.69) is 4.98 Å². The van der Waals surface area contributed by atoms with Crippen molar-refractivity contribution in [2.24, 2.45) is 0 Å². The van der Waals surface area contributed by atoms with Gasteiger partial charge in [0.2, 0.25) is 0 Å². The van der Waals surface area contributed by atoms with Gasteiger partial charge in [0.15, 0.2) is 17.0 Å². The van der Waals surface area contributed by atoms with Gasteiger partial charge in [-0.2, -0.15) is 0 Å². The maximum absolute atomic E-state index is 13.9. The molecular weight excluding hydrogens is 349 g/mol. The number of halogens is 1. The summed E-state index contributed by atoms with van der Waals surface area (Å²) in [5.74, 6) is 0.286. The molecule has 1 aromatic heterocycles. The summed E-state index contributed by atoms with van der Waals surface area (Å²) in [5.41, 5.74) is 0.501. The molecule has 8 heteroatoms.